The number of carboxylic acid groups (broad SMARTS) is 1. The minimum Gasteiger partial charge on any atom is -0.480 e. The molecule has 0 fully saturated rings. The summed E-state index contributed by atoms with van der Waals surface area (Å²) < 4.78 is 0. The number of nitrogens with two attached hydrogens (primary N) is 1. The fourth-order valence-corrected chi connectivity index (χ4v) is 1.27. The smallest absolute Gasteiger partial charge is 0.318 e. The maximum absolute atomic E-state index is 10.5. The molecule has 1 aromatic rings. The van der Waals surface area contributed by atoms with E-state index in [-0.39, 0.29) is 6.54 Å². The summed E-state index contributed by atoms with van der Waals surface area (Å²) in [7, 11) is 0. The van der Waals surface area contributed by atoms with Crippen LogP contribution in [0.1, 0.15) is 0 Å². The monoisotopic (exact) mass is 188 g/mol. The number of rotatable bonds is 4. The summed E-state index contributed by atoms with van der Waals surface area (Å²) in [5.74, 6) is -0.945. The lowest BCUT2D eigenvalue weighted by Gasteiger charge is -2.04. The van der Waals surface area contributed by atoms with Crippen molar-refractivity contribution in [1.82, 2.24) is 15.2 Å². The Hall–Kier alpha value is -1.08. The Labute approximate surface area is 72.6 Å². The maximum Gasteiger partial charge on any atom is 0.318 e. The first-order chi connectivity index (χ1) is 5.74. The van der Waals surface area contributed by atoms with Gasteiger partial charge in [0.25, 0.3) is 0 Å². The van der Waals surface area contributed by atoms with Gasteiger partial charge in [-0.3, -0.25) is 9.89 Å². The third kappa shape index (κ3) is 2.21. The van der Waals surface area contributed by atoms with Gasteiger partial charge in [-0.1, -0.05) is 11.8 Å². The van der Waals surface area contributed by atoms with Crippen LogP contribution in [-0.2, 0) is 4.79 Å². The van der Waals surface area contributed by atoms with Gasteiger partial charge in [0, 0.05) is 6.54 Å². The largest absolute Gasteiger partial charge is 0.480 e. The fraction of sp³-hybridized carbons (Fsp3) is 0.400. The second kappa shape index (κ2) is 4.07. The van der Waals surface area contributed by atoms with E-state index in [0.717, 1.165) is 11.8 Å². The molecule has 0 aliphatic rings. The highest BCUT2D eigenvalue weighted by atomic mass is 32.2. The number of thioether (sulfide) groups is 1. The number of H-pyrrole nitrogens is 1. The molecular weight excluding hydrogens is 180 g/mol. The van der Waals surface area contributed by atoms with Gasteiger partial charge in [0.2, 0.25) is 0 Å². The van der Waals surface area contributed by atoms with E-state index in [2.05, 4.69) is 15.2 Å². The molecule has 1 heterocycles. The molecule has 1 unspecified atom stereocenters. The summed E-state index contributed by atoms with van der Waals surface area (Å²) in [5.41, 5.74) is 5.23. The first-order valence-electron chi connectivity index (χ1n) is 3.19. The lowest BCUT2D eigenvalue weighted by molar-refractivity contribution is -0.136. The topological polar surface area (TPSA) is 105 Å². The standard InChI is InChI=1S/C5H8N4O2S/c6-1-3(4(10)11)12-5-7-2-8-9-5/h2-3H,1,6H2,(H,10,11)(H,7,8,9). The summed E-state index contributed by atoms with van der Waals surface area (Å²) in [5, 5.41) is 14.5. The van der Waals surface area contributed by atoms with E-state index in [0.29, 0.717) is 5.16 Å². The van der Waals surface area contributed by atoms with Crippen molar-refractivity contribution in [3.63, 3.8) is 0 Å². The van der Waals surface area contributed by atoms with E-state index >= 15 is 0 Å². The highest BCUT2D eigenvalue weighted by molar-refractivity contribution is 8.00. The first-order valence-corrected chi connectivity index (χ1v) is 4.07. The zero-order valence-corrected chi connectivity index (χ0v) is 6.91. The Morgan fingerprint density at radius 1 is 1.92 bits per heavy atom. The number of carboxylic acids is 1. The van der Waals surface area contributed by atoms with E-state index < -0.39 is 11.2 Å². The van der Waals surface area contributed by atoms with Gasteiger partial charge in [0.15, 0.2) is 5.16 Å². The zero-order valence-electron chi connectivity index (χ0n) is 6.10. The second-order valence-electron chi connectivity index (χ2n) is 1.97. The number of hydrogen-bond acceptors (Lipinski definition) is 5. The molecule has 0 radical (unpaired) electrons. The molecule has 0 bridgehead atoms. The van der Waals surface area contributed by atoms with Crippen LogP contribution in [0.4, 0.5) is 0 Å². The Kier molecular flexibility index (Phi) is 3.06. The van der Waals surface area contributed by atoms with Gasteiger partial charge < -0.3 is 10.8 Å². The van der Waals surface area contributed by atoms with Gasteiger partial charge in [0.05, 0.1) is 0 Å². The van der Waals surface area contributed by atoms with Crippen molar-refractivity contribution < 1.29 is 9.90 Å². The van der Waals surface area contributed by atoms with Crippen molar-refractivity contribution in [2.45, 2.75) is 10.4 Å². The van der Waals surface area contributed by atoms with Gasteiger partial charge >= 0.3 is 5.97 Å². The summed E-state index contributed by atoms with van der Waals surface area (Å²) in [4.78, 5) is 14.3. The Balaban J connectivity index is 2.54. The predicted molar refractivity (Wildman–Crippen MR) is 42.7 cm³/mol. The lowest BCUT2D eigenvalue weighted by Crippen LogP contribution is -2.25. The van der Waals surface area contributed by atoms with Crippen molar-refractivity contribution >= 4 is 17.7 Å². The van der Waals surface area contributed by atoms with E-state index in [1.54, 1.807) is 0 Å². The Morgan fingerprint density at radius 2 is 2.67 bits per heavy atom. The number of nitrogens with one attached hydrogen (secondary N) is 1. The molecular formula is C5H8N4O2S. The Bertz CT molecular complexity index is 250. The van der Waals surface area contributed by atoms with Crippen LogP contribution >= 0.6 is 11.8 Å². The predicted octanol–water partition coefficient (Wildman–Crippen LogP) is -0.691. The highest BCUT2D eigenvalue weighted by Crippen LogP contribution is 2.17. The summed E-state index contributed by atoms with van der Waals surface area (Å²) in [6, 6.07) is 0. The first kappa shape index (κ1) is 9.01. The van der Waals surface area contributed by atoms with Crippen molar-refractivity contribution in [2.24, 2.45) is 5.73 Å². The number of hydrogen-bond donors (Lipinski definition) is 3. The van der Waals surface area contributed by atoms with Gasteiger partial charge in [-0.15, -0.1) is 0 Å². The molecule has 1 rings (SSSR count). The van der Waals surface area contributed by atoms with Crippen LogP contribution in [0.5, 0.6) is 0 Å². The second-order valence-corrected chi connectivity index (χ2v) is 3.16. The number of aromatic amines is 1. The van der Waals surface area contributed by atoms with Crippen LogP contribution in [0.3, 0.4) is 0 Å². The van der Waals surface area contributed by atoms with Crippen LogP contribution in [0.15, 0.2) is 11.5 Å². The molecule has 12 heavy (non-hydrogen) atoms. The molecule has 0 aliphatic heterocycles. The quantitative estimate of drug-likeness (QED) is 0.540. The number of aromatic nitrogens is 3. The van der Waals surface area contributed by atoms with Crippen LogP contribution in [0, 0.1) is 0 Å². The van der Waals surface area contributed by atoms with Crippen LogP contribution in [0.25, 0.3) is 0 Å². The molecule has 7 heteroatoms. The molecule has 0 aromatic carbocycles. The fourth-order valence-electron chi connectivity index (χ4n) is 0.585. The van der Waals surface area contributed by atoms with Gasteiger partial charge in [-0.05, 0) is 0 Å². The normalized spacial score (nSPS) is 12.8. The lowest BCUT2D eigenvalue weighted by atomic mass is 10.4. The van der Waals surface area contributed by atoms with E-state index in [1.807, 2.05) is 0 Å². The molecule has 6 nitrogen and oxygen atoms in total. The minimum atomic E-state index is -0.945. The van der Waals surface area contributed by atoms with Gasteiger partial charge in [0.1, 0.15) is 11.6 Å². The average Bonchev–Trinajstić information content (AvgIpc) is 2.51. The molecule has 0 aliphatic carbocycles. The number of nitrogens with zero attached hydrogens (tertiary/aromatic N) is 2. The molecule has 0 amide bonds. The zero-order chi connectivity index (χ0) is 8.97. The molecule has 66 valence electrons. The highest BCUT2D eigenvalue weighted by Gasteiger charge is 2.17. The van der Waals surface area contributed by atoms with Crippen molar-refractivity contribution in [3.8, 4) is 0 Å². The SMILES string of the molecule is NCC(Sc1ncn[nH]1)C(=O)O. The van der Waals surface area contributed by atoms with Crippen LogP contribution < -0.4 is 5.73 Å². The number of carbonyl (C=O) groups is 1. The van der Waals surface area contributed by atoms with Crippen molar-refractivity contribution in [1.29, 1.82) is 0 Å². The van der Waals surface area contributed by atoms with E-state index in [9.17, 15) is 4.79 Å². The van der Waals surface area contributed by atoms with Crippen molar-refractivity contribution in [2.75, 3.05) is 6.54 Å². The van der Waals surface area contributed by atoms with Crippen molar-refractivity contribution in [3.05, 3.63) is 6.33 Å². The van der Waals surface area contributed by atoms with Crippen LogP contribution in [0.2, 0.25) is 0 Å². The van der Waals surface area contributed by atoms with E-state index in [4.69, 9.17) is 10.8 Å². The third-order valence-electron chi connectivity index (χ3n) is 1.14. The summed E-state index contributed by atoms with van der Waals surface area (Å²) in [6.45, 7) is 0.0701. The van der Waals surface area contributed by atoms with Crippen LogP contribution in [-0.4, -0.2) is 38.1 Å². The van der Waals surface area contributed by atoms with E-state index in [1.165, 1.54) is 6.33 Å². The summed E-state index contributed by atoms with van der Waals surface area (Å²) >= 11 is 1.05. The molecule has 0 spiro atoms. The maximum atomic E-state index is 10.5. The molecule has 4 N–H and O–H groups in total. The molecule has 0 saturated heterocycles. The van der Waals surface area contributed by atoms with Gasteiger partial charge in [-0.25, -0.2) is 4.98 Å². The average molecular weight is 188 g/mol. The summed E-state index contributed by atoms with van der Waals surface area (Å²) in [6.07, 6.45) is 1.32. The van der Waals surface area contributed by atoms with Gasteiger partial charge in [-0.2, -0.15) is 5.10 Å². The molecule has 1 atom stereocenters. The number of aliphatic carboxylic acids is 1. The molecule has 0 saturated carbocycles. The Morgan fingerprint density at radius 3 is 3.08 bits per heavy atom. The third-order valence-corrected chi connectivity index (χ3v) is 2.23. The molecule has 1 aromatic heterocycles. The minimum absolute atomic E-state index is 0.0701.